The molecule has 0 aromatic carbocycles. The van der Waals surface area contributed by atoms with Gasteiger partial charge in [0.15, 0.2) is 0 Å². The molecule has 1 unspecified atom stereocenters. The van der Waals surface area contributed by atoms with Crippen LogP contribution < -0.4 is 5.32 Å². The number of hydrogen-bond acceptors (Lipinski definition) is 3. The summed E-state index contributed by atoms with van der Waals surface area (Å²) in [6.45, 7) is 8.25. The Bertz CT molecular complexity index is 308. The van der Waals surface area contributed by atoms with Crippen LogP contribution in [0.3, 0.4) is 0 Å². The maximum absolute atomic E-state index is 12.2. The number of nitrogens with one attached hydrogen (secondary N) is 1. The highest BCUT2D eigenvalue weighted by Crippen LogP contribution is 2.13. The Balaban J connectivity index is 2.62. The molecule has 102 valence electrons. The van der Waals surface area contributed by atoms with Crippen LogP contribution in [-0.2, 0) is 10.0 Å². The van der Waals surface area contributed by atoms with Gasteiger partial charge in [-0.3, -0.25) is 0 Å². The van der Waals surface area contributed by atoms with Crippen LogP contribution in [0.1, 0.15) is 40.0 Å². The van der Waals surface area contributed by atoms with Gasteiger partial charge in [0.2, 0.25) is 10.0 Å². The van der Waals surface area contributed by atoms with Gasteiger partial charge in [-0.2, -0.15) is 0 Å². The van der Waals surface area contributed by atoms with E-state index in [-0.39, 0.29) is 11.7 Å². The SMILES string of the molecule is CCCN(CC1CCCN1)S(=O)(=O)CC(C)C. The van der Waals surface area contributed by atoms with Gasteiger partial charge in [0, 0.05) is 19.1 Å². The summed E-state index contributed by atoms with van der Waals surface area (Å²) in [5.41, 5.74) is 0. The summed E-state index contributed by atoms with van der Waals surface area (Å²) >= 11 is 0. The molecule has 0 saturated carbocycles. The zero-order valence-corrected chi connectivity index (χ0v) is 12.1. The van der Waals surface area contributed by atoms with E-state index in [2.05, 4.69) is 5.32 Å². The Kier molecular flexibility index (Phi) is 5.89. The molecular weight excluding hydrogens is 236 g/mol. The van der Waals surface area contributed by atoms with Crippen molar-refractivity contribution < 1.29 is 8.42 Å². The maximum atomic E-state index is 12.2. The molecule has 0 aromatic rings. The Labute approximate surface area is 106 Å². The molecule has 0 bridgehead atoms. The third-order valence-corrected chi connectivity index (χ3v) is 5.20. The molecular formula is C12H26N2O2S. The second-order valence-electron chi connectivity index (χ2n) is 5.32. The zero-order chi connectivity index (χ0) is 12.9. The van der Waals surface area contributed by atoms with Crippen molar-refractivity contribution in [1.82, 2.24) is 9.62 Å². The van der Waals surface area contributed by atoms with Gasteiger partial charge in [-0.1, -0.05) is 20.8 Å². The minimum Gasteiger partial charge on any atom is -0.313 e. The van der Waals surface area contributed by atoms with Crippen LogP contribution in [-0.4, -0.2) is 44.2 Å². The van der Waals surface area contributed by atoms with Gasteiger partial charge < -0.3 is 5.32 Å². The molecule has 0 aliphatic carbocycles. The first-order chi connectivity index (χ1) is 7.95. The second kappa shape index (κ2) is 6.71. The largest absolute Gasteiger partial charge is 0.313 e. The van der Waals surface area contributed by atoms with Crippen molar-refractivity contribution in [1.29, 1.82) is 0 Å². The van der Waals surface area contributed by atoms with Crippen LogP contribution in [0.2, 0.25) is 0 Å². The highest BCUT2D eigenvalue weighted by Gasteiger charge is 2.26. The monoisotopic (exact) mass is 262 g/mol. The molecule has 1 saturated heterocycles. The van der Waals surface area contributed by atoms with Gasteiger partial charge in [0.1, 0.15) is 0 Å². The smallest absolute Gasteiger partial charge is 0.214 e. The van der Waals surface area contributed by atoms with Crippen molar-refractivity contribution in [3.63, 3.8) is 0 Å². The summed E-state index contributed by atoms with van der Waals surface area (Å²) in [6, 6.07) is 0.350. The van der Waals surface area contributed by atoms with E-state index in [4.69, 9.17) is 0 Å². The molecule has 0 spiro atoms. The van der Waals surface area contributed by atoms with E-state index in [0.29, 0.717) is 19.1 Å². The van der Waals surface area contributed by atoms with Crippen molar-refractivity contribution in [2.24, 2.45) is 5.92 Å². The van der Waals surface area contributed by atoms with Crippen LogP contribution in [0.5, 0.6) is 0 Å². The van der Waals surface area contributed by atoms with Gasteiger partial charge in [0.05, 0.1) is 5.75 Å². The summed E-state index contributed by atoms with van der Waals surface area (Å²) in [5, 5.41) is 3.36. The van der Waals surface area contributed by atoms with Gasteiger partial charge in [-0.05, 0) is 31.7 Å². The number of nitrogens with zero attached hydrogens (tertiary/aromatic N) is 1. The molecule has 1 heterocycles. The third kappa shape index (κ3) is 4.94. The molecule has 1 aliphatic heterocycles. The van der Waals surface area contributed by atoms with Crippen molar-refractivity contribution in [2.45, 2.75) is 46.1 Å². The zero-order valence-electron chi connectivity index (χ0n) is 11.3. The normalized spacial score (nSPS) is 21.6. The van der Waals surface area contributed by atoms with Gasteiger partial charge in [0.25, 0.3) is 0 Å². The van der Waals surface area contributed by atoms with Crippen LogP contribution >= 0.6 is 0 Å². The molecule has 1 rings (SSSR count). The van der Waals surface area contributed by atoms with Gasteiger partial charge >= 0.3 is 0 Å². The summed E-state index contributed by atoms with van der Waals surface area (Å²) < 4.78 is 26.1. The van der Waals surface area contributed by atoms with E-state index in [1.165, 1.54) is 0 Å². The lowest BCUT2D eigenvalue weighted by atomic mass is 10.2. The quantitative estimate of drug-likeness (QED) is 0.755. The first-order valence-electron chi connectivity index (χ1n) is 6.67. The maximum Gasteiger partial charge on any atom is 0.214 e. The fourth-order valence-corrected chi connectivity index (χ4v) is 4.20. The Morgan fingerprint density at radius 2 is 2.12 bits per heavy atom. The average molecular weight is 262 g/mol. The highest BCUT2D eigenvalue weighted by molar-refractivity contribution is 7.89. The minimum absolute atomic E-state index is 0.191. The summed E-state index contributed by atoms with van der Waals surface area (Å²) in [4.78, 5) is 0. The fraction of sp³-hybridized carbons (Fsp3) is 1.00. The van der Waals surface area contributed by atoms with E-state index >= 15 is 0 Å². The van der Waals surface area contributed by atoms with Crippen molar-refractivity contribution in [3.05, 3.63) is 0 Å². The van der Waals surface area contributed by atoms with E-state index in [1.54, 1.807) is 4.31 Å². The predicted molar refractivity (Wildman–Crippen MR) is 71.5 cm³/mol. The first-order valence-corrected chi connectivity index (χ1v) is 8.27. The van der Waals surface area contributed by atoms with Gasteiger partial charge in [-0.15, -0.1) is 0 Å². The molecule has 0 amide bonds. The lowest BCUT2D eigenvalue weighted by Crippen LogP contribution is -2.43. The summed E-state index contributed by atoms with van der Waals surface area (Å²) in [7, 11) is -3.08. The third-order valence-electron chi connectivity index (χ3n) is 3.00. The molecule has 1 atom stereocenters. The van der Waals surface area contributed by atoms with Crippen molar-refractivity contribution in [3.8, 4) is 0 Å². The van der Waals surface area contributed by atoms with E-state index < -0.39 is 10.0 Å². The Morgan fingerprint density at radius 1 is 1.41 bits per heavy atom. The number of hydrogen-bond donors (Lipinski definition) is 1. The standard InChI is InChI=1S/C12H26N2O2S/c1-4-8-14(9-12-6-5-7-13-12)17(15,16)10-11(2)3/h11-13H,4-10H2,1-3H3. The van der Waals surface area contributed by atoms with Crippen LogP contribution in [0, 0.1) is 5.92 Å². The Hall–Kier alpha value is -0.130. The second-order valence-corrected chi connectivity index (χ2v) is 7.34. The minimum atomic E-state index is -3.08. The van der Waals surface area contributed by atoms with Crippen molar-refractivity contribution >= 4 is 10.0 Å². The van der Waals surface area contributed by atoms with E-state index in [0.717, 1.165) is 25.8 Å². The Morgan fingerprint density at radius 3 is 2.59 bits per heavy atom. The van der Waals surface area contributed by atoms with Crippen LogP contribution in [0.15, 0.2) is 0 Å². The molecule has 0 aromatic heterocycles. The molecule has 1 aliphatic rings. The molecule has 4 nitrogen and oxygen atoms in total. The lowest BCUT2D eigenvalue weighted by molar-refractivity contribution is 0.367. The molecule has 1 N–H and O–H groups in total. The summed E-state index contributed by atoms with van der Waals surface area (Å²) in [5.74, 6) is 0.454. The highest BCUT2D eigenvalue weighted by atomic mass is 32.2. The average Bonchev–Trinajstić information content (AvgIpc) is 2.67. The molecule has 1 fully saturated rings. The molecule has 17 heavy (non-hydrogen) atoms. The number of sulfonamides is 1. The number of rotatable bonds is 7. The first kappa shape index (κ1) is 14.9. The van der Waals surface area contributed by atoms with Crippen molar-refractivity contribution in [2.75, 3.05) is 25.4 Å². The topological polar surface area (TPSA) is 49.4 Å². The van der Waals surface area contributed by atoms with Crippen LogP contribution in [0.25, 0.3) is 0 Å². The van der Waals surface area contributed by atoms with Crippen LogP contribution in [0.4, 0.5) is 0 Å². The van der Waals surface area contributed by atoms with Gasteiger partial charge in [-0.25, -0.2) is 12.7 Å². The van der Waals surface area contributed by atoms with E-state index in [1.807, 2.05) is 20.8 Å². The summed E-state index contributed by atoms with van der Waals surface area (Å²) in [6.07, 6.45) is 3.14. The van der Waals surface area contributed by atoms with E-state index in [9.17, 15) is 8.42 Å². The molecule has 0 radical (unpaired) electrons. The molecule has 5 heteroatoms. The lowest BCUT2D eigenvalue weighted by Gasteiger charge is -2.25. The fourth-order valence-electron chi connectivity index (χ4n) is 2.28. The predicted octanol–water partition coefficient (Wildman–Crippen LogP) is 1.44.